The quantitative estimate of drug-likeness (QED) is 0.367. The van der Waals surface area contributed by atoms with Gasteiger partial charge in [-0.25, -0.2) is 9.97 Å². The summed E-state index contributed by atoms with van der Waals surface area (Å²) in [4.78, 5) is 14.3. The first-order valence-corrected chi connectivity index (χ1v) is 9.36. The lowest BCUT2D eigenvalue weighted by molar-refractivity contribution is 1.28. The van der Waals surface area contributed by atoms with Gasteiger partial charge in [-0.15, -0.1) is 11.3 Å². The van der Waals surface area contributed by atoms with Crippen LogP contribution in [0, 0.1) is 0 Å². The summed E-state index contributed by atoms with van der Waals surface area (Å²) in [6, 6.07) is 17.1. The smallest absolute Gasteiger partial charge is 0.125 e. The number of halogens is 1. The minimum absolute atomic E-state index is 0.689. The summed E-state index contributed by atoms with van der Waals surface area (Å²) >= 11 is 7.46. The summed E-state index contributed by atoms with van der Waals surface area (Å²) in [5, 5.41) is 5.84. The molecule has 0 aliphatic carbocycles. The van der Waals surface area contributed by atoms with Crippen LogP contribution in [0.2, 0.25) is 5.02 Å². The predicted octanol–water partition coefficient (Wildman–Crippen LogP) is 5.37. The Hall–Kier alpha value is -3.09. The van der Waals surface area contributed by atoms with Gasteiger partial charge in [-0.05, 0) is 48.5 Å². The molecule has 0 saturated heterocycles. The molecule has 0 aliphatic rings. The molecule has 0 saturated carbocycles. The number of hydrogen-bond acceptors (Lipinski definition) is 6. The van der Waals surface area contributed by atoms with Crippen molar-refractivity contribution in [2.24, 2.45) is 5.10 Å². The highest BCUT2D eigenvalue weighted by Crippen LogP contribution is 2.30. The summed E-state index contributed by atoms with van der Waals surface area (Å²) in [5.41, 5.74) is 6.43. The molecule has 0 fully saturated rings. The first-order chi connectivity index (χ1) is 13.3. The molecule has 0 aliphatic heterocycles. The van der Waals surface area contributed by atoms with Gasteiger partial charge in [0.1, 0.15) is 5.01 Å². The second-order valence-corrected chi connectivity index (χ2v) is 7.06. The highest BCUT2D eigenvalue weighted by atomic mass is 35.5. The van der Waals surface area contributed by atoms with Gasteiger partial charge in [-0.1, -0.05) is 17.7 Å². The van der Waals surface area contributed by atoms with Crippen molar-refractivity contribution in [1.29, 1.82) is 0 Å². The van der Waals surface area contributed by atoms with Crippen molar-refractivity contribution < 1.29 is 0 Å². The Kier molecular flexibility index (Phi) is 5.18. The molecule has 0 unspecified atom stereocenters. The van der Waals surface area contributed by atoms with Gasteiger partial charge in [0, 0.05) is 29.2 Å². The largest absolute Gasteiger partial charge is 0.278 e. The first-order valence-electron chi connectivity index (χ1n) is 8.16. The van der Waals surface area contributed by atoms with Crippen LogP contribution in [0.15, 0.2) is 78.3 Å². The Morgan fingerprint density at radius 1 is 1.00 bits per heavy atom. The van der Waals surface area contributed by atoms with Gasteiger partial charge in [-0.2, -0.15) is 5.10 Å². The monoisotopic (exact) mass is 391 g/mol. The number of nitrogens with zero attached hydrogens (tertiary/aromatic N) is 4. The first kappa shape index (κ1) is 17.3. The summed E-state index contributed by atoms with van der Waals surface area (Å²) in [5.74, 6) is 0. The maximum Gasteiger partial charge on any atom is 0.125 e. The molecular weight excluding hydrogens is 378 g/mol. The maximum atomic E-state index is 5.87. The average Bonchev–Trinajstić information content (AvgIpc) is 3.21. The second-order valence-electron chi connectivity index (χ2n) is 5.60. The molecule has 4 rings (SSSR count). The lowest BCUT2D eigenvalue weighted by Crippen LogP contribution is -1.93. The Labute approximate surface area is 165 Å². The van der Waals surface area contributed by atoms with E-state index < -0.39 is 0 Å². The number of nitrogens with one attached hydrogen (secondary N) is 1. The minimum atomic E-state index is 0.689. The van der Waals surface area contributed by atoms with E-state index in [0.717, 1.165) is 32.5 Å². The third-order valence-electron chi connectivity index (χ3n) is 3.67. The molecule has 0 amide bonds. The van der Waals surface area contributed by atoms with Crippen LogP contribution in [-0.4, -0.2) is 21.2 Å². The number of benzene rings is 1. The van der Waals surface area contributed by atoms with E-state index in [4.69, 9.17) is 11.6 Å². The number of pyridine rings is 2. The van der Waals surface area contributed by atoms with E-state index in [1.54, 1.807) is 23.7 Å². The van der Waals surface area contributed by atoms with E-state index in [2.05, 4.69) is 25.5 Å². The molecule has 3 heterocycles. The highest BCUT2D eigenvalue weighted by Gasteiger charge is 2.08. The Morgan fingerprint density at radius 3 is 2.70 bits per heavy atom. The van der Waals surface area contributed by atoms with Gasteiger partial charge in [-0.3, -0.25) is 10.4 Å². The molecule has 0 spiro atoms. The van der Waals surface area contributed by atoms with E-state index in [1.165, 1.54) is 0 Å². The predicted molar refractivity (Wildman–Crippen MR) is 111 cm³/mol. The molecule has 5 nitrogen and oxygen atoms in total. The molecule has 132 valence electrons. The van der Waals surface area contributed by atoms with Crippen molar-refractivity contribution in [2.75, 3.05) is 5.43 Å². The van der Waals surface area contributed by atoms with Crippen LogP contribution in [0.1, 0.15) is 5.69 Å². The van der Waals surface area contributed by atoms with Crippen LogP contribution < -0.4 is 5.43 Å². The Morgan fingerprint density at radius 2 is 1.89 bits per heavy atom. The zero-order chi connectivity index (χ0) is 18.5. The zero-order valence-corrected chi connectivity index (χ0v) is 15.7. The van der Waals surface area contributed by atoms with Gasteiger partial charge in [0.2, 0.25) is 0 Å². The van der Waals surface area contributed by atoms with Gasteiger partial charge >= 0.3 is 0 Å². The van der Waals surface area contributed by atoms with Crippen LogP contribution in [0.3, 0.4) is 0 Å². The number of thiazole rings is 1. The molecule has 0 bridgehead atoms. The lowest BCUT2D eigenvalue weighted by atomic mass is 10.3. The van der Waals surface area contributed by atoms with Crippen LogP contribution in [0.25, 0.3) is 21.1 Å². The van der Waals surface area contributed by atoms with E-state index in [-0.39, 0.29) is 0 Å². The van der Waals surface area contributed by atoms with Crippen LogP contribution in [0.5, 0.6) is 0 Å². The highest BCUT2D eigenvalue weighted by molar-refractivity contribution is 7.18. The summed E-state index contributed by atoms with van der Waals surface area (Å²) in [6.45, 7) is 0. The number of anilines is 1. The fraction of sp³-hybridized carbons (Fsp3) is 0. The van der Waals surface area contributed by atoms with Crippen LogP contribution in [0.4, 0.5) is 5.69 Å². The maximum absolute atomic E-state index is 5.87. The normalized spacial score (nSPS) is 11.0. The summed E-state index contributed by atoms with van der Waals surface area (Å²) in [6.07, 6.45) is 7.07. The molecule has 1 aromatic carbocycles. The van der Waals surface area contributed by atoms with E-state index in [0.29, 0.717) is 5.02 Å². The van der Waals surface area contributed by atoms with Gasteiger partial charge in [0.15, 0.2) is 0 Å². The fourth-order valence-electron chi connectivity index (χ4n) is 2.37. The van der Waals surface area contributed by atoms with Gasteiger partial charge in [0.25, 0.3) is 0 Å². The van der Waals surface area contributed by atoms with Crippen molar-refractivity contribution in [1.82, 2.24) is 15.0 Å². The second kappa shape index (κ2) is 8.07. The van der Waals surface area contributed by atoms with Crippen LogP contribution in [-0.2, 0) is 0 Å². The SMILES string of the molecule is Clc1ccc(N/N=C/c2cccc(-c3cnc(-c4cccnc4)s3)n2)cc1. The van der Waals surface area contributed by atoms with Crippen molar-refractivity contribution in [2.45, 2.75) is 0 Å². The average molecular weight is 392 g/mol. The van der Waals surface area contributed by atoms with Gasteiger partial charge < -0.3 is 0 Å². The summed E-state index contributed by atoms with van der Waals surface area (Å²) in [7, 11) is 0. The Bertz CT molecular complexity index is 1060. The number of hydrogen-bond donors (Lipinski definition) is 1. The Balaban J connectivity index is 1.50. The molecule has 0 radical (unpaired) electrons. The topological polar surface area (TPSA) is 63.1 Å². The van der Waals surface area contributed by atoms with E-state index in [1.807, 2.05) is 67.0 Å². The van der Waals surface area contributed by atoms with Crippen molar-refractivity contribution in [3.05, 3.63) is 83.9 Å². The molecular formula is C20H14ClN5S. The molecule has 3 aromatic heterocycles. The van der Waals surface area contributed by atoms with Crippen molar-refractivity contribution >= 4 is 34.8 Å². The van der Waals surface area contributed by atoms with Crippen LogP contribution >= 0.6 is 22.9 Å². The fourth-order valence-corrected chi connectivity index (χ4v) is 3.38. The van der Waals surface area contributed by atoms with E-state index >= 15 is 0 Å². The standard InChI is InChI=1S/C20H14ClN5S/c21-15-6-8-16(9-7-15)26-24-12-17-4-1-5-18(25-17)19-13-23-20(27-19)14-3-2-10-22-11-14/h1-13,26H/b24-12+. The lowest BCUT2D eigenvalue weighted by Gasteiger charge is -2.00. The van der Waals surface area contributed by atoms with Crippen molar-refractivity contribution in [3.63, 3.8) is 0 Å². The molecule has 7 heteroatoms. The van der Waals surface area contributed by atoms with Crippen molar-refractivity contribution in [3.8, 4) is 21.1 Å². The molecule has 27 heavy (non-hydrogen) atoms. The molecule has 4 aromatic rings. The number of hydrazone groups is 1. The number of aromatic nitrogens is 3. The zero-order valence-electron chi connectivity index (χ0n) is 14.1. The minimum Gasteiger partial charge on any atom is -0.278 e. The van der Waals surface area contributed by atoms with Gasteiger partial charge in [0.05, 0.1) is 28.2 Å². The molecule has 1 N–H and O–H groups in total. The summed E-state index contributed by atoms with van der Waals surface area (Å²) < 4.78 is 0. The third kappa shape index (κ3) is 4.36. The van der Waals surface area contributed by atoms with E-state index in [9.17, 15) is 0 Å². The third-order valence-corrected chi connectivity index (χ3v) is 4.99. The number of rotatable bonds is 5. The molecule has 0 atom stereocenters.